The minimum atomic E-state index is -0.269. The summed E-state index contributed by atoms with van der Waals surface area (Å²) in [5.41, 5.74) is 1.61. The van der Waals surface area contributed by atoms with Gasteiger partial charge in [-0.1, -0.05) is 17.7 Å². The summed E-state index contributed by atoms with van der Waals surface area (Å²) in [6.45, 7) is 2.14. The van der Waals surface area contributed by atoms with Gasteiger partial charge in [-0.05, 0) is 24.3 Å². The van der Waals surface area contributed by atoms with E-state index in [1.165, 1.54) is 4.80 Å². The summed E-state index contributed by atoms with van der Waals surface area (Å²) in [7, 11) is 0. The number of carbonyl (C=O) groups excluding carboxylic acids is 1. The standard InChI is InChI=1S/C14H14ClN5O2/c1-2-22-13(21)7-6-12-17-19-20(18-12)11-8-16-10-5-3-4-9(15)14(10)11/h3-5,8,16H,2,6-7H2,1H3. The maximum atomic E-state index is 11.3. The van der Waals surface area contributed by atoms with Gasteiger partial charge in [-0.2, -0.15) is 0 Å². The smallest absolute Gasteiger partial charge is 0.306 e. The number of fused-ring (bicyclic) bond motifs is 1. The molecule has 0 fully saturated rings. The van der Waals surface area contributed by atoms with E-state index in [0.717, 1.165) is 16.6 Å². The lowest BCUT2D eigenvalue weighted by molar-refractivity contribution is -0.143. The number of ether oxygens (including phenoxy) is 1. The minimum Gasteiger partial charge on any atom is -0.466 e. The quantitative estimate of drug-likeness (QED) is 0.729. The lowest BCUT2D eigenvalue weighted by Gasteiger charge is -1.99. The van der Waals surface area contributed by atoms with E-state index in [-0.39, 0.29) is 12.4 Å². The highest BCUT2D eigenvalue weighted by molar-refractivity contribution is 6.36. The van der Waals surface area contributed by atoms with Crippen molar-refractivity contribution in [2.45, 2.75) is 19.8 Å². The zero-order valence-corrected chi connectivity index (χ0v) is 12.7. The molecule has 7 nitrogen and oxygen atoms in total. The van der Waals surface area contributed by atoms with Gasteiger partial charge in [0.05, 0.1) is 18.1 Å². The van der Waals surface area contributed by atoms with Gasteiger partial charge in [-0.15, -0.1) is 15.0 Å². The van der Waals surface area contributed by atoms with E-state index in [9.17, 15) is 4.79 Å². The van der Waals surface area contributed by atoms with Crippen LogP contribution in [0.5, 0.6) is 0 Å². The predicted octanol–water partition coefficient (Wildman–Crippen LogP) is 2.29. The highest BCUT2D eigenvalue weighted by Crippen LogP contribution is 2.28. The van der Waals surface area contributed by atoms with Crippen molar-refractivity contribution in [2.24, 2.45) is 0 Å². The van der Waals surface area contributed by atoms with Crippen LogP contribution in [0.25, 0.3) is 16.6 Å². The molecule has 0 amide bonds. The summed E-state index contributed by atoms with van der Waals surface area (Å²) < 4.78 is 4.87. The van der Waals surface area contributed by atoms with Gasteiger partial charge in [0.1, 0.15) is 5.69 Å². The average Bonchev–Trinajstić information content (AvgIpc) is 3.12. The molecule has 0 radical (unpaired) electrons. The first-order valence-corrected chi connectivity index (χ1v) is 7.27. The molecule has 1 N–H and O–H groups in total. The van der Waals surface area contributed by atoms with Gasteiger partial charge in [0.25, 0.3) is 0 Å². The second kappa shape index (κ2) is 6.15. The molecule has 0 aliphatic heterocycles. The zero-order valence-electron chi connectivity index (χ0n) is 11.9. The van der Waals surface area contributed by atoms with Crippen LogP contribution in [0.15, 0.2) is 24.4 Å². The lowest BCUT2D eigenvalue weighted by Crippen LogP contribution is -2.06. The van der Waals surface area contributed by atoms with E-state index in [1.807, 2.05) is 12.1 Å². The number of aromatic nitrogens is 5. The van der Waals surface area contributed by atoms with Crippen LogP contribution < -0.4 is 0 Å². The molecule has 1 aromatic carbocycles. The SMILES string of the molecule is CCOC(=O)CCc1nnn(-c2c[nH]c3cccc(Cl)c23)n1. The number of aryl methyl sites for hydroxylation is 1. The van der Waals surface area contributed by atoms with Gasteiger partial charge in [0, 0.05) is 23.5 Å². The molecule has 3 aromatic rings. The van der Waals surface area contributed by atoms with E-state index in [2.05, 4.69) is 20.4 Å². The molecule has 2 aromatic heterocycles. The van der Waals surface area contributed by atoms with Crippen LogP contribution in [0.1, 0.15) is 19.2 Å². The molecule has 114 valence electrons. The largest absolute Gasteiger partial charge is 0.466 e. The third-order valence-corrected chi connectivity index (χ3v) is 3.48. The first kappa shape index (κ1) is 14.5. The first-order chi connectivity index (χ1) is 10.7. The minimum absolute atomic E-state index is 0.230. The average molecular weight is 320 g/mol. The van der Waals surface area contributed by atoms with Crippen molar-refractivity contribution < 1.29 is 9.53 Å². The molecule has 0 unspecified atom stereocenters. The first-order valence-electron chi connectivity index (χ1n) is 6.89. The third kappa shape index (κ3) is 2.80. The molecule has 2 heterocycles. The number of rotatable bonds is 5. The van der Waals surface area contributed by atoms with E-state index in [0.29, 0.717) is 23.9 Å². The van der Waals surface area contributed by atoms with Gasteiger partial charge in [-0.3, -0.25) is 4.79 Å². The van der Waals surface area contributed by atoms with E-state index < -0.39 is 0 Å². The number of benzene rings is 1. The molecule has 3 rings (SSSR count). The third-order valence-electron chi connectivity index (χ3n) is 3.16. The maximum Gasteiger partial charge on any atom is 0.306 e. The molecular formula is C14H14ClN5O2. The van der Waals surface area contributed by atoms with Crippen molar-refractivity contribution in [3.63, 3.8) is 0 Å². The van der Waals surface area contributed by atoms with Gasteiger partial charge in [0.2, 0.25) is 0 Å². The van der Waals surface area contributed by atoms with Gasteiger partial charge < -0.3 is 9.72 Å². The number of hydrogen-bond donors (Lipinski definition) is 1. The Morgan fingerprint density at radius 2 is 2.32 bits per heavy atom. The van der Waals surface area contributed by atoms with Crippen molar-refractivity contribution in [1.29, 1.82) is 0 Å². The summed E-state index contributed by atoms with van der Waals surface area (Å²) in [5.74, 6) is 0.212. The monoisotopic (exact) mass is 319 g/mol. The fourth-order valence-corrected chi connectivity index (χ4v) is 2.44. The number of hydrogen-bond acceptors (Lipinski definition) is 5. The van der Waals surface area contributed by atoms with Crippen molar-refractivity contribution in [3.8, 4) is 5.69 Å². The number of nitrogens with zero attached hydrogens (tertiary/aromatic N) is 4. The Labute approximate surface area is 131 Å². The van der Waals surface area contributed by atoms with Crippen molar-refractivity contribution >= 4 is 28.5 Å². The molecule has 22 heavy (non-hydrogen) atoms. The summed E-state index contributed by atoms with van der Waals surface area (Å²) in [6, 6.07) is 5.59. The Morgan fingerprint density at radius 1 is 1.45 bits per heavy atom. The second-order valence-corrected chi connectivity index (χ2v) is 5.04. The van der Waals surface area contributed by atoms with Gasteiger partial charge >= 0.3 is 5.97 Å². The number of esters is 1. The molecule has 0 aliphatic rings. The van der Waals surface area contributed by atoms with Gasteiger partial charge in [0.15, 0.2) is 5.82 Å². The molecule has 8 heteroatoms. The molecular weight excluding hydrogens is 306 g/mol. The summed E-state index contributed by atoms with van der Waals surface area (Å²) in [6.07, 6.45) is 2.39. The molecule has 0 spiro atoms. The van der Waals surface area contributed by atoms with Crippen LogP contribution in [0, 0.1) is 0 Å². The van der Waals surface area contributed by atoms with Crippen LogP contribution in [-0.2, 0) is 16.0 Å². The molecule has 0 bridgehead atoms. The van der Waals surface area contributed by atoms with Crippen LogP contribution in [0.4, 0.5) is 0 Å². The Hall–Kier alpha value is -2.41. The topological polar surface area (TPSA) is 85.7 Å². The van der Waals surface area contributed by atoms with E-state index in [1.54, 1.807) is 19.2 Å². The fraction of sp³-hybridized carbons (Fsp3) is 0.286. The van der Waals surface area contributed by atoms with Crippen molar-refractivity contribution in [1.82, 2.24) is 25.2 Å². The number of H-pyrrole nitrogens is 1. The van der Waals surface area contributed by atoms with Crippen LogP contribution in [-0.4, -0.2) is 37.8 Å². The van der Waals surface area contributed by atoms with Gasteiger partial charge in [-0.25, -0.2) is 0 Å². The predicted molar refractivity (Wildman–Crippen MR) is 81.0 cm³/mol. The summed E-state index contributed by atoms with van der Waals surface area (Å²) in [4.78, 5) is 15.9. The Bertz CT molecular complexity index is 811. The Balaban J connectivity index is 1.82. The Kier molecular flexibility index (Phi) is 4.06. The fourth-order valence-electron chi connectivity index (χ4n) is 2.17. The normalized spacial score (nSPS) is 11.0. The number of nitrogens with one attached hydrogen (secondary N) is 1. The summed E-state index contributed by atoms with van der Waals surface area (Å²) >= 11 is 6.23. The zero-order chi connectivity index (χ0) is 15.5. The summed E-state index contributed by atoms with van der Waals surface area (Å²) in [5, 5.41) is 13.7. The van der Waals surface area contributed by atoms with E-state index in [4.69, 9.17) is 16.3 Å². The van der Waals surface area contributed by atoms with Crippen LogP contribution in [0.2, 0.25) is 5.02 Å². The number of halogens is 1. The van der Waals surface area contributed by atoms with Crippen LogP contribution in [0.3, 0.4) is 0 Å². The van der Waals surface area contributed by atoms with Crippen molar-refractivity contribution in [3.05, 3.63) is 35.2 Å². The molecule has 0 atom stereocenters. The second-order valence-electron chi connectivity index (χ2n) is 4.64. The maximum absolute atomic E-state index is 11.3. The lowest BCUT2D eigenvalue weighted by atomic mass is 10.2. The molecule has 0 saturated heterocycles. The Morgan fingerprint density at radius 3 is 3.14 bits per heavy atom. The number of tetrazole rings is 1. The van der Waals surface area contributed by atoms with E-state index >= 15 is 0 Å². The van der Waals surface area contributed by atoms with Crippen LogP contribution >= 0.6 is 11.6 Å². The highest BCUT2D eigenvalue weighted by atomic mass is 35.5. The van der Waals surface area contributed by atoms with Crippen molar-refractivity contribution in [2.75, 3.05) is 6.61 Å². The molecule has 0 aliphatic carbocycles. The molecule has 0 saturated carbocycles. The highest BCUT2D eigenvalue weighted by Gasteiger charge is 2.13. The number of aromatic amines is 1. The number of carbonyl (C=O) groups is 1.